The number of para-hydroxylation sites is 1. The number of carbonyl (C=O) groups is 1. The third-order valence-electron chi connectivity index (χ3n) is 7.48. The molecule has 0 bridgehead atoms. The number of unbranched alkanes of at least 4 members (excludes halogenated alkanes) is 4. The van der Waals surface area contributed by atoms with Crippen molar-refractivity contribution >= 4 is 11.5 Å². The number of pyridine rings is 1. The number of hydrogen-bond acceptors (Lipinski definition) is 4. The minimum atomic E-state index is -0.945. The molecule has 5 heteroatoms. The first kappa shape index (κ1) is 44.3. The van der Waals surface area contributed by atoms with Crippen LogP contribution in [0.2, 0.25) is 0 Å². The maximum atomic E-state index is 10.5. The Morgan fingerprint density at radius 3 is 2.04 bits per heavy atom. The maximum Gasteiger partial charge on any atom is 0.335 e. The second-order valence-electron chi connectivity index (χ2n) is 12.2. The van der Waals surface area contributed by atoms with E-state index in [1.165, 1.54) is 99.5 Å². The summed E-state index contributed by atoms with van der Waals surface area (Å²) < 4.78 is 5.45. The molecule has 0 saturated heterocycles. The van der Waals surface area contributed by atoms with Gasteiger partial charge >= 0.3 is 5.97 Å². The van der Waals surface area contributed by atoms with Crippen molar-refractivity contribution in [2.24, 2.45) is 0 Å². The quantitative estimate of drug-likeness (QED) is 0.115. The molecule has 1 heterocycles. The van der Waals surface area contributed by atoms with Gasteiger partial charge in [-0.25, -0.2) is 4.79 Å². The van der Waals surface area contributed by atoms with Crippen LogP contribution in [0.1, 0.15) is 127 Å². The third-order valence-corrected chi connectivity index (χ3v) is 7.48. The maximum absolute atomic E-state index is 10.5. The molecular formula is C43H66N2O3. The molecule has 0 unspecified atom stereocenters. The molecule has 3 aromatic rings. The number of hydrogen-bond donors (Lipinski definition) is 1. The normalized spacial score (nSPS) is 10.5. The standard InChI is InChI=1S/C12H25N.C12H18.C10H14O.C9H9NO2/c1-5-8-10-13(9-6-2)11-12(4)7-3;1-3-4-5-6-12-9-7-11(2)8-10-12;1-2-3-9-11-10-7-5-4-6-8-10;1-6(2)8-5-7(9(11)12)3-4-10-8/h7H,5-6,8-11H2,1-4H3;7-10H,3-6H2,1-2H3;4-8H,2-3,9H2,1H3;3-5H,1H2,2H3,(H,11,12)/b12-7+;;;. The summed E-state index contributed by atoms with van der Waals surface area (Å²) in [5.41, 5.74) is 5.95. The summed E-state index contributed by atoms with van der Waals surface area (Å²) in [6.45, 7) is 25.3. The second kappa shape index (κ2) is 29.4. The van der Waals surface area contributed by atoms with Crippen LogP contribution in [0.3, 0.4) is 0 Å². The van der Waals surface area contributed by atoms with Crippen molar-refractivity contribution in [3.05, 3.63) is 114 Å². The molecule has 0 atom stereocenters. The molecule has 0 fully saturated rings. The van der Waals surface area contributed by atoms with E-state index < -0.39 is 5.97 Å². The van der Waals surface area contributed by atoms with Gasteiger partial charge in [-0.15, -0.1) is 0 Å². The molecule has 0 spiro atoms. The molecule has 0 aliphatic carbocycles. The Labute approximate surface area is 294 Å². The van der Waals surface area contributed by atoms with Gasteiger partial charge < -0.3 is 9.84 Å². The lowest BCUT2D eigenvalue weighted by atomic mass is 10.1. The van der Waals surface area contributed by atoms with Gasteiger partial charge in [-0.3, -0.25) is 9.88 Å². The Hall–Kier alpha value is -3.70. The lowest BCUT2D eigenvalue weighted by Gasteiger charge is -2.21. The summed E-state index contributed by atoms with van der Waals surface area (Å²) in [5.74, 6) is 0.0286. The van der Waals surface area contributed by atoms with Crippen LogP contribution in [0.4, 0.5) is 0 Å². The first-order valence-electron chi connectivity index (χ1n) is 18.0. The summed E-state index contributed by atoms with van der Waals surface area (Å²) in [6, 6.07) is 21.8. The molecule has 0 aliphatic rings. The van der Waals surface area contributed by atoms with Crippen LogP contribution in [0, 0.1) is 6.92 Å². The summed E-state index contributed by atoms with van der Waals surface area (Å²) in [7, 11) is 0. The molecule has 266 valence electrons. The van der Waals surface area contributed by atoms with E-state index in [2.05, 4.69) is 95.3 Å². The smallest absolute Gasteiger partial charge is 0.335 e. The van der Waals surface area contributed by atoms with Crippen molar-refractivity contribution in [1.82, 2.24) is 9.88 Å². The highest BCUT2D eigenvalue weighted by atomic mass is 16.5. The number of carboxylic acid groups (broad SMARTS) is 1. The predicted molar refractivity (Wildman–Crippen MR) is 208 cm³/mol. The van der Waals surface area contributed by atoms with Crippen LogP contribution in [0.5, 0.6) is 5.75 Å². The summed E-state index contributed by atoms with van der Waals surface area (Å²) in [5, 5.41) is 8.63. The molecule has 0 saturated carbocycles. The number of carboxylic acids is 1. The summed E-state index contributed by atoms with van der Waals surface area (Å²) >= 11 is 0. The largest absolute Gasteiger partial charge is 0.494 e. The number of aromatic carboxylic acids is 1. The van der Waals surface area contributed by atoms with Crippen LogP contribution in [0.25, 0.3) is 5.57 Å². The van der Waals surface area contributed by atoms with Crippen LogP contribution in [0.15, 0.2) is 91.2 Å². The van der Waals surface area contributed by atoms with Gasteiger partial charge in [0.1, 0.15) is 5.75 Å². The highest BCUT2D eigenvalue weighted by molar-refractivity contribution is 5.88. The lowest BCUT2D eigenvalue weighted by molar-refractivity contribution is 0.0696. The fraction of sp³-hybridized carbons (Fsp3) is 0.488. The minimum Gasteiger partial charge on any atom is -0.494 e. The molecule has 48 heavy (non-hydrogen) atoms. The Kier molecular flexibility index (Phi) is 27.2. The molecule has 1 N–H and O–H groups in total. The fourth-order valence-electron chi connectivity index (χ4n) is 4.39. The SMILES string of the molecule is C/C=C(\C)CN(CCC)CCCC.C=C(C)c1cc(C(=O)O)ccn1.CCCCCc1ccc(C)cc1.CCCCOc1ccccc1. The number of rotatable bonds is 17. The molecule has 2 aromatic carbocycles. The zero-order valence-corrected chi connectivity index (χ0v) is 31.6. The monoisotopic (exact) mass is 659 g/mol. The van der Waals surface area contributed by atoms with Crippen LogP contribution in [-0.4, -0.2) is 47.2 Å². The van der Waals surface area contributed by atoms with Crippen molar-refractivity contribution in [1.29, 1.82) is 0 Å². The zero-order chi connectivity index (χ0) is 36.0. The number of allylic oxidation sites excluding steroid dienone is 2. The van der Waals surface area contributed by atoms with Gasteiger partial charge in [-0.05, 0) is 108 Å². The molecule has 0 aliphatic heterocycles. The van der Waals surface area contributed by atoms with Crippen molar-refractivity contribution in [3.63, 3.8) is 0 Å². The number of nitrogens with zero attached hydrogens (tertiary/aromatic N) is 2. The number of aromatic nitrogens is 1. The number of aryl methyl sites for hydroxylation is 2. The van der Waals surface area contributed by atoms with Crippen molar-refractivity contribution < 1.29 is 14.6 Å². The number of benzene rings is 2. The van der Waals surface area contributed by atoms with Gasteiger partial charge in [0, 0.05) is 12.7 Å². The second-order valence-corrected chi connectivity index (χ2v) is 12.2. The molecule has 0 amide bonds. The molecule has 5 nitrogen and oxygen atoms in total. The van der Waals surface area contributed by atoms with E-state index >= 15 is 0 Å². The summed E-state index contributed by atoms with van der Waals surface area (Å²) in [4.78, 5) is 17.0. The first-order valence-corrected chi connectivity index (χ1v) is 18.0. The highest BCUT2D eigenvalue weighted by Gasteiger charge is 2.04. The van der Waals surface area contributed by atoms with Gasteiger partial charge in [0.05, 0.1) is 17.9 Å². The van der Waals surface area contributed by atoms with E-state index in [4.69, 9.17) is 9.84 Å². The molecule has 0 radical (unpaired) electrons. The van der Waals surface area contributed by atoms with Gasteiger partial charge in [0.2, 0.25) is 0 Å². The van der Waals surface area contributed by atoms with Crippen LogP contribution < -0.4 is 4.74 Å². The van der Waals surface area contributed by atoms with E-state index in [0.717, 1.165) is 30.9 Å². The fourth-order valence-corrected chi connectivity index (χ4v) is 4.39. The average molecular weight is 659 g/mol. The Morgan fingerprint density at radius 2 is 1.50 bits per heavy atom. The Balaban J connectivity index is 0.000000614. The topological polar surface area (TPSA) is 62.7 Å². The lowest BCUT2D eigenvalue weighted by Crippen LogP contribution is -2.27. The zero-order valence-electron chi connectivity index (χ0n) is 31.6. The predicted octanol–water partition coefficient (Wildman–Crippen LogP) is 11.9. The Morgan fingerprint density at radius 1 is 0.854 bits per heavy atom. The average Bonchev–Trinajstić information content (AvgIpc) is 3.09. The van der Waals surface area contributed by atoms with Crippen LogP contribution >= 0.6 is 0 Å². The van der Waals surface area contributed by atoms with E-state index in [1.54, 1.807) is 6.92 Å². The minimum absolute atomic E-state index is 0.239. The third kappa shape index (κ3) is 23.6. The van der Waals surface area contributed by atoms with Crippen molar-refractivity contribution in [3.8, 4) is 5.75 Å². The van der Waals surface area contributed by atoms with Crippen LogP contribution in [-0.2, 0) is 6.42 Å². The van der Waals surface area contributed by atoms with E-state index in [0.29, 0.717) is 5.69 Å². The first-order chi connectivity index (χ1) is 23.1. The summed E-state index contributed by atoms with van der Waals surface area (Å²) in [6.07, 6.45) is 15.1. The molecule has 1 aromatic heterocycles. The molecule has 3 rings (SSSR count). The van der Waals surface area contributed by atoms with E-state index in [9.17, 15) is 4.79 Å². The Bertz CT molecular complexity index is 1220. The highest BCUT2D eigenvalue weighted by Crippen LogP contribution is 2.11. The van der Waals surface area contributed by atoms with Crippen molar-refractivity contribution in [2.45, 2.75) is 113 Å². The van der Waals surface area contributed by atoms with Gasteiger partial charge in [0.25, 0.3) is 0 Å². The van der Waals surface area contributed by atoms with Gasteiger partial charge in [-0.1, -0.05) is 120 Å². The van der Waals surface area contributed by atoms with Crippen molar-refractivity contribution in [2.75, 3.05) is 26.2 Å². The van der Waals surface area contributed by atoms with E-state index in [1.807, 2.05) is 30.3 Å². The van der Waals surface area contributed by atoms with Gasteiger partial charge in [0.15, 0.2) is 0 Å². The van der Waals surface area contributed by atoms with Gasteiger partial charge in [-0.2, -0.15) is 0 Å². The van der Waals surface area contributed by atoms with E-state index in [-0.39, 0.29) is 5.56 Å². The number of ether oxygens (including phenoxy) is 1. The molecular weight excluding hydrogens is 592 g/mol.